The quantitative estimate of drug-likeness (QED) is 0.268. The first kappa shape index (κ1) is 24.9. The van der Waals surface area contributed by atoms with Gasteiger partial charge in [-0.05, 0) is 98.0 Å². The van der Waals surface area contributed by atoms with Gasteiger partial charge in [-0.1, -0.05) is 36.4 Å². The van der Waals surface area contributed by atoms with Crippen molar-refractivity contribution in [2.75, 3.05) is 14.2 Å². The molecule has 0 saturated carbocycles. The molecule has 0 bridgehead atoms. The molecule has 0 aromatic heterocycles. The van der Waals surface area contributed by atoms with Crippen LogP contribution in [0.2, 0.25) is 0 Å². The SMILES string of the molecule is COc1ccc(C2=C(c3ccc(OC)cc3)c3ccc(C)c(C)c3P(=O)(c3cccc(C)c3C)O2)cc1. The fourth-order valence-corrected chi connectivity index (χ4v) is 7.84. The summed E-state index contributed by atoms with van der Waals surface area (Å²) in [4.78, 5) is 0. The predicted octanol–water partition coefficient (Wildman–Crippen LogP) is 7.11. The van der Waals surface area contributed by atoms with E-state index in [2.05, 4.69) is 19.1 Å². The molecule has 0 N–H and O–H groups in total. The first-order chi connectivity index (χ1) is 17.8. The summed E-state index contributed by atoms with van der Waals surface area (Å²) in [6.45, 7) is 8.16. The van der Waals surface area contributed by atoms with Gasteiger partial charge in [-0.25, -0.2) is 0 Å². The summed E-state index contributed by atoms with van der Waals surface area (Å²) in [5.41, 5.74) is 7.76. The van der Waals surface area contributed by atoms with Gasteiger partial charge in [0.15, 0.2) is 0 Å². The topological polar surface area (TPSA) is 44.8 Å². The van der Waals surface area contributed by atoms with Gasteiger partial charge in [0.05, 0.1) is 24.8 Å². The van der Waals surface area contributed by atoms with E-state index >= 15 is 4.57 Å². The molecule has 1 aliphatic heterocycles. The smallest absolute Gasteiger partial charge is 0.307 e. The number of ether oxygens (including phenoxy) is 2. The molecule has 4 aromatic carbocycles. The minimum absolute atomic E-state index is 0.591. The Kier molecular flexibility index (Phi) is 6.47. The zero-order valence-electron chi connectivity index (χ0n) is 22.1. The van der Waals surface area contributed by atoms with Gasteiger partial charge in [-0.15, -0.1) is 0 Å². The Labute approximate surface area is 219 Å². The molecular weight excluding hydrogens is 479 g/mol. The van der Waals surface area contributed by atoms with E-state index in [4.69, 9.17) is 14.0 Å². The maximum absolute atomic E-state index is 15.3. The summed E-state index contributed by atoms with van der Waals surface area (Å²) in [7, 11) is -0.214. The molecule has 5 rings (SSSR count). The second-order valence-corrected chi connectivity index (χ2v) is 11.6. The maximum atomic E-state index is 15.3. The molecule has 1 unspecified atom stereocenters. The van der Waals surface area contributed by atoms with Crippen LogP contribution in [-0.2, 0) is 9.09 Å². The maximum Gasteiger partial charge on any atom is 0.307 e. The number of methoxy groups -OCH3 is 2. The first-order valence-corrected chi connectivity index (χ1v) is 13.9. The van der Waals surface area contributed by atoms with E-state index in [0.717, 1.165) is 66.6 Å². The number of hydrogen-bond donors (Lipinski definition) is 0. The molecule has 4 nitrogen and oxygen atoms in total. The standard InChI is InChI=1S/C32H31O4P/c1-20-8-7-9-29(22(20)3)37(33)32-23(4)21(2)10-19-28(32)30(24-11-15-26(34-5)16-12-24)31(36-37)25-13-17-27(35-6)18-14-25/h7-19H,1-6H3. The average molecular weight is 511 g/mol. The summed E-state index contributed by atoms with van der Waals surface area (Å²) >= 11 is 0. The van der Waals surface area contributed by atoms with Gasteiger partial charge in [-0.3, -0.25) is 4.57 Å². The fourth-order valence-electron chi connectivity index (χ4n) is 4.93. The van der Waals surface area contributed by atoms with Crippen molar-refractivity contribution < 1.29 is 18.6 Å². The number of fused-ring (bicyclic) bond motifs is 1. The second kappa shape index (κ2) is 9.61. The highest BCUT2D eigenvalue weighted by atomic mass is 31.2. The van der Waals surface area contributed by atoms with E-state index < -0.39 is 7.37 Å². The van der Waals surface area contributed by atoms with Crippen LogP contribution in [-0.4, -0.2) is 14.2 Å². The molecule has 37 heavy (non-hydrogen) atoms. The van der Waals surface area contributed by atoms with Crippen molar-refractivity contribution in [2.45, 2.75) is 27.7 Å². The van der Waals surface area contributed by atoms with Crippen molar-refractivity contribution in [3.8, 4) is 11.5 Å². The molecule has 0 aliphatic carbocycles. The van der Waals surface area contributed by atoms with Gasteiger partial charge in [-0.2, -0.15) is 0 Å². The van der Waals surface area contributed by atoms with E-state index in [1.807, 2.05) is 87.5 Å². The summed E-state index contributed by atoms with van der Waals surface area (Å²) in [6.07, 6.45) is 0. The van der Waals surface area contributed by atoms with Crippen LogP contribution >= 0.6 is 7.37 Å². The summed E-state index contributed by atoms with van der Waals surface area (Å²) in [6, 6.07) is 25.8. The highest BCUT2D eigenvalue weighted by Crippen LogP contribution is 2.57. The van der Waals surface area contributed by atoms with Crippen LogP contribution in [0.1, 0.15) is 38.9 Å². The van der Waals surface area contributed by atoms with Crippen LogP contribution in [0.3, 0.4) is 0 Å². The van der Waals surface area contributed by atoms with Crippen LogP contribution in [0, 0.1) is 27.7 Å². The van der Waals surface area contributed by atoms with Crippen molar-refractivity contribution in [1.29, 1.82) is 0 Å². The van der Waals surface area contributed by atoms with E-state index in [9.17, 15) is 0 Å². The lowest BCUT2D eigenvalue weighted by atomic mass is 9.91. The monoisotopic (exact) mass is 510 g/mol. The van der Waals surface area contributed by atoms with Crippen molar-refractivity contribution in [2.24, 2.45) is 0 Å². The van der Waals surface area contributed by atoms with Crippen LogP contribution in [0.15, 0.2) is 78.9 Å². The Bertz CT molecular complexity index is 1560. The Morgan fingerprint density at radius 1 is 0.649 bits per heavy atom. The normalized spacial score (nSPS) is 16.7. The Hall–Kier alpha value is -3.75. The van der Waals surface area contributed by atoms with Gasteiger partial charge in [0.2, 0.25) is 0 Å². The summed E-state index contributed by atoms with van der Waals surface area (Å²) in [5, 5.41) is 1.51. The van der Waals surface area contributed by atoms with E-state index in [-0.39, 0.29) is 0 Å². The molecule has 188 valence electrons. The number of aryl methyl sites for hydroxylation is 2. The Morgan fingerprint density at radius 2 is 1.22 bits per heavy atom. The molecule has 1 heterocycles. The van der Waals surface area contributed by atoms with Gasteiger partial charge in [0.25, 0.3) is 0 Å². The van der Waals surface area contributed by atoms with Crippen molar-refractivity contribution in [3.05, 3.63) is 118 Å². The summed E-state index contributed by atoms with van der Waals surface area (Å²) in [5.74, 6) is 2.11. The highest BCUT2D eigenvalue weighted by molar-refractivity contribution is 7.75. The third-order valence-electron chi connectivity index (χ3n) is 7.34. The third-order valence-corrected chi connectivity index (χ3v) is 10.1. The molecule has 1 atom stereocenters. The molecule has 0 radical (unpaired) electrons. The van der Waals surface area contributed by atoms with Crippen LogP contribution in [0.4, 0.5) is 0 Å². The second-order valence-electron chi connectivity index (χ2n) is 9.43. The molecule has 0 fully saturated rings. The Morgan fingerprint density at radius 3 is 1.81 bits per heavy atom. The molecule has 1 aliphatic rings. The lowest BCUT2D eigenvalue weighted by Gasteiger charge is -2.34. The number of rotatable bonds is 5. The molecule has 4 aromatic rings. The van der Waals surface area contributed by atoms with Crippen LogP contribution in [0.5, 0.6) is 11.5 Å². The van der Waals surface area contributed by atoms with Crippen LogP contribution in [0.25, 0.3) is 11.3 Å². The molecule has 0 spiro atoms. The highest BCUT2D eigenvalue weighted by Gasteiger charge is 2.42. The average Bonchev–Trinajstić information content (AvgIpc) is 2.92. The molecule has 0 amide bonds. The fraction of sp³-hybridized carbons (Fsp3) is 0.188. The van der Waals surface area contributed by atoms with Crippen molar-refractivity contribution in [1.82, 2.24) is 0 Å². The minimum atomic E-state index is -3.51. The van der Waals surface area contributed by atoms with Gasteiger partial charge in [0.1, 0.15) is 17.3 Å². The van der Waals surface area contributed by atoms with Gasteiger partial charge < -0.3 is 14.0 Å². The minimum Gasteiger partial charge on any atom is -0.497 e. The third kappa shape index (κ3) is 4.16. The van der Waals surface area contributed by atoms with Crippen molar-refractivity contribution >= 4 is 29.3 Å². The van der Waals surface area contributed by atoms with E-state index in [0.29, 0.717) is 5.76 Å². The number of benzene rings is 4. The largest absolute Gasteiger partial charge is 0.497 e. The van der Waals surface area contributed by atoms with Crippen LogP contribution < -0.4 is 20.1 Å². The lowest BCUT2D eigenvalue weighted by Crippen LogP contribution is -2.29. The summed E-state index contributed by atoms with van der Waals surface area (Å²) < 4.78 is 32.9. The molecular formula is C32H31O4P. The first-order valence-electron chi connectivity index (χ1n) is 12.3. The Balaban J connectivity index is 1.88. The van der Waals surface area contributed by atoms with E-state index in [1.165, 1.54) is 0 Å². The van der Waals surface area contributed by atoms with Gasteiger partial charge in [0, 0.05) is 16.7 Å². The zero-order valence-corrected chi connectivity index (χ0v) is 23.0. The van der Waals surface area contributed by atoms with E-state index in [1.54, 1.807) is 14.2 Å². The zero-order chi connectivity index (χ0) is 26.3. The lowest BCUT2D eigenvalue weighted by molar-refractivity contribution is 0.414. The molecule has 5 heteroatoms. The predicted molar refractivity (Wildman–Crippen MR) is 152 cm³/mol. The number of hydrogen-bond acceptors (Lipinski definition) is 4. The van der Waals surface area contributed by atoms with Gasteiger partial charge >= 0.3 is 7.37 Å². The molecule has 0 saturated heterocycles. The van der Waals surface area contributed by atoms with Crippen molar-refractivity contribution in [3.63, 3.8) is 0 Å².